The van der Waals surface area contributed by atoms with Crippen LogP contribution in [0.15, 0.2) is 30.3 Å². The molecule has 2 rings (SSSR count). The number of nitrogens with two attached hydrogens (primary N) is 1. The Balaban J connectivity index is 2.34. The number of thiocarbonyl (C=S) groups is 1. The molecule has 110 valence electrons. The van der Waals surface area contributed by atoms with E-state index in [1.807, 2.05) is 0 Å². The summed E-state index contributed by atoms with van der Waals surface area (Å²) in [5.74, 6) is -1.67. The number of halogens is 3. The molecule has 0 aliphatic rings. The Bertz CT molecular complexity index is 710. The molecule has 0 unspecified atom stereocenters. The summed E-state index contributed by atoms with van der Waals surface area (Å²) >= 11 is 10.6. The molecule has 7 heteroatoms. The van der Waals surface area contributed by atoms with Gasteiger partial charge in [0.15, 0.2) is 11.6 Å². The number of methoxy groups -OCH3 is 1. The van der Waals surface area contributed by atoms with Crippen LogP contribution in [-0.4, -0.2) is 12.1 Å². The third-order valence-electron chi connectivity index (χ3n) is 2.78. The van der Waals surface area contributed by atoms with Crippen molar-refractivity contribution in [3.05, 3.63) is 52.6 Å². The van der Waals surface area contributed by atoms with Crippen molar-refractivity contribution in [2.75, 3.05) is 12.4 Å². The molecule has 2 aromatic carbocycles. The smallest absolute Gasteiger partial charge is 0.182 e. The van der Waals surface area contributed by atoms with Crippen LogP contribution in [0.5, 0.6) is 5.75 Å². The maximum Gasteiger partial charge on any atom is 0.182 e. The lowest BCUT2D eigenvalue weighted by atomic mass is 10.1. The molecular formula is C14H11ClF2N2OS. The van der Waals surface area contributed by atoms with E-state index >= 15 is 0 Å². The van der Waals surface area contributed by atoms with Gasteiger partial charge in [0.2, 0.25) is 0 Å². The first-order chi connectivity index (χ1) is 9.93. The summed E-state index contributed by atoms with van der Waals surface area (Å²) in [6.45, 7) is 0. The first kappa shape index (κ1) is 15.5. The molecule has 0 heterocycles. The van der Waals surface area contributed by atoms with E-state index in [1.165, 1.54) is 19.2 Å². The fraction of sp³-hybridized carbons (Fsp3) is 0.0714. The molecule has 3 nitrogen and oxygen atoms in total. The fourth-order valence-electron chi connectivity index (χ4n) is 1.74. The van der Waals surface area contributed by atoms with Crippen molar-refractivity contribution in [2.45, 2.75) is 0 Å². The minimum Gasteiger partial charge on any atom is -0.495 e. The first-order valence-corrected chi connectivity index (χ1v) is 6.61. The van der Waals surface area contributed by atoms with Gasteiger partial charge >= 0.3 is 0 Å². The van der Waals surface area contributed by atoms with E-state index in [0.29, 0.717) is 16.5 Å². The van der Waals surface area contributed by atoms with Gasteiger partial charge in [0, 0.05) is 11.3 Å². The fourth-order valence-corrected chi connectivity index (χ4v) is 2.15. The molecule has 0 atom stereocenters. The van der Waals surface area contributed by atoms with Gasteiger partial charge in [-0.15, -0.1) is 0 Å². The number of ether oxygens (including phenoxy) is 1. The highest BCUT2D eigenvalue weighted by molar-refractivity contribution is 7.80. The molecule has 0 amide bonds. The highest BCUT2D eigenvalue weighted by Crippen LogP contribution is 2.30. The van der Waals surface area contributed by atoms with E-state index in [2.05, 4.69) is 17.5 Å². The van der Waals surface area contributed by atoms with Gasteiger partial charge < -0.3 is 15.8 Å². The second-order valence-electron chi connectivity index (χ2n) is 4.13. The summed E-state index contributed by atoms with van der Waals surface area (Å²) in [6, 6.07) is 7.45. The summed E-state index contributed by atoms with van der Waals surface area (Å²) < 4.78 is 32.7. The largest absolute Gasteiger partial charge is 0.495 e. The number of hydrogen-bond donors (Lipinski definition) is 2. The Morgan fingerprint density at radius 2 is 1.95 bits per heavy atom. The molecule has 0 fully saturated rings. The highest BCUT2D eigenvalue weighted by atomic mass is 35.5. The van der Waals surface area contributed by atoms with Crippen molar-refractivity contribution in [3.63, 3.8) is 0 Å². The van der Waals surface area contributed by atoms with E-state index < -0.39 is 11.6 Å². The molecule has 0 aliphatic heterocycles. The lowest BCUT2D eigenvalue weighted by molar-refractivity contribution is 0.415. The van der Waals surface area contributed by atoms with Crippen LogP contribution in [0.4, 0.5) is 20.2 Å². The Kier molecular flexibility index (Phi) is 4.59. The van der Waals surface area contributed by atoms with Crippen molar-refractivity contribution in [3.8, 4) is 5.75 Å². The Morgan fingerprint density at radius 1 is 1.24 bits per heavy atom. The van der Waals surface area contributed by atoms with Crippen molar-refractivity contribution < 1.29 is 13.5 Å². The molecule has 0 saturated carbocycles. The lowest BCUT2D eigenvalue weighted by Crippen LogP contribution is -2.13. The predicted octanol–water partition coefficient (Wildman–Crippen LogP) is 4.00. The zero-order chi connectivity index (χ0) is 15.6. The van der Waals surface area contributed by atoms with Crippen LogP contribution in [-0.2, 0) is 0 Å². The third-order valence-corrected chi connectivity index (χ3v) is 3.29. The van der Waals surface area contributed by atoms with Crippen molar-refractivity contribution >= 4 is 40.2 Å². The van der Waals surface area contributed by atoms with Gasteiger partial charge in [-0.05, 0) is 30.3 Å². The molecule has 2 aromatic rings. The average Bonchev–Trinajstić information content (AvgIpc) is 2.44. The average molecular weight is 329 g/mol. The third kappa shape index (κ3) is 3.22. The molecular weight excluding hydrogens is 318 g/mol. The molecule has 0 saturated heterocycles. The number of nitrogens with one attached hydrogen (secondary N) is 1. The summed E-state index contributed by atoms with van der Waals surface area (Å²) in [7, 11) is 1.48. The summed E-state index contributed by atoms with van der Waals surface area (Å²) in [6.07, 6.45) is 0. The molecule has 0 aromatic heterocycles. The standard InChI is InChI=1S/C14H11ClF2N2OS/c1-20-11-5-2-7(6-9(11)15)19-10-4-3-8(14(18)21)12(16)13(10)17/h2-6,19H,1H3,(H2,18,21). The van der Waals surface area contributed by atoms with Gasteiger partial charge in [0.25, 0.3) is 0 Å². The quantitative estimate of drug-likeness (QED) is 0.833. The maximum absolute atomic E-state index is 13.9. The number of hydrogen-bond acceptors (Lipinski definition) is 3. The highest BCUT2D eigenvalue weighted by Gasteiger charge is 2.15. The minimum absolute atomic E-state index is 0.0475. The van der Waals surface area contributed by atoms with Gasteiger partial charge in [-0.3, -0.25) is 0 Å². The summed E-state index contributed by atoms with van der Waals surface area (Å²) in [5.41, 5.74) is 5.61. The SMILES string of the molecule is COc1ccc(Nc2ccc(C(N)=S)c(F)c2F)cc1Cl. The van der Waals surface area contributed by atoms with E-state index in [-0.39, 0.29) is 16.2 Å². The van der Waals surface area contributed by atoms with Crippen LogP contribution < -0.4 is 15.8 Å². The predicted molar refractivity (Wildman–Crippen MR) is 83.5 cm³/mol. The molecule has 0 bridgehead atoms. The van der Waals surface area contributed by atoms with Crippen molar-refractivity contribution in [1.29, 1.82) is 0 Å². The maximum atomic E-state index is 13.9. The summed E-state index contributed by atoms with van der Waals surface area (Å²) in [4.78, 5) is -0.203. The zero-order valence-electron chi connectivity index (χ0n) is 10.9. The Hall–Kier alpha value is -1.92. The van der Waals surface area contributed by atoms with E-state index in [1.54, 1.807) is 18.2 Å². The van der Waals surface area contributed by atoms with Crippen LogP contribution in [0, 0.1) is 11.6 Å². The van der Waals surface area contributed by atoms with Gasteiger partial charge in [0.1, 0.15) is 10.7 Å². The molecule has 21 heavy (non-hydrogen) atoms. The number of rotatable bonds is 4. The van der Waals surface area contributed by atoms with Crippen LogP contribution in [0.25, 0.3) is 0 Å². The second kappa shape index (κ2) is 6.24. The van der Waals surface area contributed by atoms with E-state index in [4.69, 9.17) is 22.1 Å². The molecule has 0 aliphatic carbocycles. The van der Waals surface area contributed by atoms with Crippen LogP contribution in [0.3, 0.4) is 0 Å². The van der Waals surface area contributed by atoms with Crippen LogP contribution in [0.2, 0.25) is 5.02 Å². The normalized spacial score (nSPS) is 10.3. The topological polar surface area (TPSA) is 47.3 Å². The van der Waals surface area contributed by atoms with Gasteiger partial charge in [-0.2, -0.15) is 0 Å². The minimum atomic E-state index is -1.09. The Morgan fingerprint density at radius 3 is 2.52 bits per heavy atom. The first-order valence-electron chi connectivity index (χ1n) is 5.82. The Labute approximate surface area is 130 Å². The van der Waals surface area contributed by atoms with Gasteiger partial charge in [0.05, 0.1) is 17.8 Å². The van der Waals surface area contributed by atoms with Crippen LogP contribution in [0.1, 0.15) is 5.56 Å². The number of benzene rings is 2. The zero-order valence-corrected chi connectivity index (χ0v) is 12.5. The molecule has 0 radical (unpaired) electrons. The van der Waals surface area contributed by atoms with Crippen LogP contribution >= 0.6 is 23.8 Å². The molecule has 3 N–H and O–H groups in total. The van der Waals surface area contributed by atoms with Crippen molar-refractivity contribution in [1.82, 2.24) is 0 Å². The van der Waals surface area contributed by atoms with E-state index in [0.717, 1.165) is 0 Å². The molecule has 0 spiro atoms. The van der Waals surface area contributed by atoms with E-state index in [9.17, 15) is 8.78 Å². The van der Waals surface area contributed by atoms with Gasteiger partial charge in [-0.25, -0.2) is 8.78 Å². The summed E-state index contributed by atoms with van der Waals surface area (Å²) in [5, 5.41) is 3.08. The lowest BCUT2D eigenvalue weighted by Gasteiger charge is -2.11. The van der Waals surface area contributed by atoms with Gasteiger partial charge in [-0.1, -0.05) is 23.8 Å². The number of anilines is 2. The second-order valence-corrected chi connectivity index (χ2v) is 4.97. The monoisotopic (exact) mass is 328 g/mol. The van der Waals surface area contributed by atoms with Crippen molar-refractivity contribution in [2.24, 2.45) is 5.73 Å².